The molecule has 146 valence electrons. The van der Waals surface area contributed by atoms with E-state index in [4.69, 9.17) is 0 Å². The quantitative estimate of drug-likeness (QED) is 0.578. The summed E-state index contributed by atoms with van der Waals surface area (Å²) in [5.41, 5.74) is 1.79. The second-order valence-electron chi connectivity index (χ2n) is 6.69. The molecule has 0 atom stereocenters. The zero-order valence-corrected chi connectivity index (χ0v) is 15.5. The first-order chi connectivity index (χ1) is 13.3. The third-order valence-corrected chi connectivity index (χ3v) is 4.55. The van der Waals surface area contributed by atoms with Crippen LogP contribution < -0.4 is 0 Å². The maximum Gasteiger partial charge on any atom is 0.416 e. The normalized spacial score (nSPS) is 11.4. The smallest absolute Gasteiger partial charge is 0.345 e. The minimum atomic E-state index is -4.36. The Bertz CT molecular complexity index is 932. The molecular weight excluding hydrogens is 365 g/mol. The maximum atomic E-state index is 12.9. The van der Waals surface area contributed by atoms with Gasteiger partial charge in [0.25, 0.3) is 0 Å². The van der Waals surface area contributed by atoms with Crippen molar-refractivity contribution in [3.8, 4) is 0 Å². The van der Waals surface area contributed by atoms with E-state index in [1.54, 1.807) is 11.0 Å². The number of carbonyl (C=O) groups is 1. The number of benzene rings is 2. The Morgan fingerprint density at radius 2 is 1.64 bits per heavy atom. The molecule has 0 radical (unpaired) electrons. The molecule has 28 heavy (non-hydrogen) atoms. The van der Waals surface area contributed by atoms with Gasteiger partial charge in [0, 0.05) is 31.9 Å². The average molecular weight is 386 g/mol. The van der Waals surface area contributed by atoms with Crippen LogP contribution in [0, 0.1) is 0 Å². The molecule has 0 fully saturated rings. The summed E-state index contributed by atoms with van der Waals surface area (Å²) in [6, 6.07) is 18.7. The van der Waals surface area contributed by atoms with E-state index in [1.807, 2.05) is 53.2 Å². The molecule has 1 aromatic heterocycles. The van der Waals surface area contributed by atoms with Crippen LogP contribution in [0.25, 0.3) is 0 Å². The molecule has 0 N–H and O–H groups in total. The summed E-state index contributed by atoms with van der Waals surface area (Å²) in [7, 11) is 0. The zero-order chi connectivity index (χ0) is 20.1. The topological polar surface area (TPSA) is 25.2 Å². The van der Waals surface area contributed by atoms with Gasteiger partial charge < -0.3 is 9.47 Å². The van der Waals surface area contributed by atoms with Crippen molar-refractivity contribution in [2.45, 2.75) is 32.7 Å². The van der Waals surface area contributed by atoms with Gasteiger partial charge in [-0.15, -0.1) is 0 Å². The summed E-state index contributed by atoms with van der Waals surface area (Å²) < 4.78 is 40.7. The van der Waals surface area contributed by atoms with Gasteiger partial charge in [-0.2, -0.15) is 13.2 Å². The molecule has 3 nitrogen and oxygen atoms in total. The standard InChI is InChI=1S/C22H21F3N2O/c1-17(28)27(14-18-7-3-2-4-8-18)16-21-11-6-12-26(21)15-19-9-5-10-20(13-19)22(23,24)25/h2-13H,14-16H2,1H3. The molecule has 1 amide bonds. The van der Waals surface area contributed by atoms with Crippen molar-refractivity contribution < 1.29 is 18.0 Å². The van der Waals surface area contributed by atoms with Crippen molar-refractivity contribution in [2.24, 2.45) is 0 Å². The summed E-state index contributed by atoms with van der Waals surface area (Å²) >= 11 is 0. The zero-order valence-electron chi connectivity index (χ0n) is 15.5. The SMILES string of the molecule is CC(=O)N(Cc1ccccc1)Cc1cccn1Cc1cccc(C(F)(F)F)c1. The van der Waals surface area contributed by atoms with Crippen molar-refractivity contribution in [1.29, 1.82) is 0 Å². The van der Waals surface area contributed by atoms with Crippen LogP contribution in [0.1, 0.15) is 29.3 Å². The summed E-state index contributed by atoms with van der Waals surface area (Å²) in [6.07, 6.45) is -2.55. The Labute approximate surface area is 162 Å². The van der Waals surface area contributed by atoms with Crippen molar-refractivity contribution in [2.75, 3.05) is 0 Å². The number of hydrogen-bond donors (Lipinski definition) is 0. The van der Waals surface area contributed by atoms with Gasteiger partial charge in [0.05, 0.1) is 12.1 Å². The minimum Gasteiger partial charge on any atom is -0.345 e. The number of aromatic nitrogens is 1. The Morgan fingerprint density at radius 3 is 2.32 bits per heavy atom. The Kier molecular flexibility index (Phi) is 5.87. The van der Waals surface area contributed by atoms with E-state index < -0.39 is 11.7 Å². The van der Waals surface area contributed by atoms with Crippen LogP contribution in [0.5, 0.6) is 0 Å². The number of alkyl halides is 3. The molecule has 0 saturated carbocycles. The van der Waals surface area contributed by atoms with E-state index >= 15 is 0 Å². The largest absolute Gasteiger partial charge is 0.416 e. The van der Waals surface area contributed by atoms with E-state index in [2.05, 4.69) is 0 Å². The van der Waals surface area contributed by atoms with Gasteiger partial charge >= 0.3 is 6.18 Å². The number of hydrogen-bond acceptors (Lipinski definition) is 1. The predicted molar refractivity (Wildman–Crippen MR) is 101 cm³/mol. The molecule has 0 spiro atoms. The van der Waals surface area contributed by atoms with Crippen LogP contribution >= 0.6 is 0 Å². The van der Waals surface area contributed by atoms with Crippen molar-refractivity contribution in [3.63, 3.8) is 0 Å². The van der Waals surface area contributed by atoms with E-state index in [9.17, 15) is 18.0 Å². The Balaban J connectivity index is 1.76. The average Bonchev–Trinajstić information content (AvgIpc) is 3.08. The van der Waals surface area contributed by atoms with Crippen molar-refractivity contribution in [1.82, 2.24) is 9.47 Å². The van der Waals surface area contributed by atoms with E-state index in [-0.39, 0.29) is 5.91 Å². The molecule has 0 aliphatic carbocycles. The molecule has 3 rings (SSSR count). The molecule has 2 aromatic carbocycles. The number of carbonyl (C=O) groups excluding carboxylic acids is 1. The molecule has 0 saturated heterocycles. The number of amides is 1. The lowest BCUT2D eigenvalue weighted by Gasteiger charge is -2.22. The second-order valence-corrected chi connectivity index (χ2v) is 6.69. The lowest BCUT2D eigenvalue weighted by molar-refractivity contribution is -0.137. The van der Waals surface area contributed by atoms with Gasteiger partial charge in [0.1, 0.15) is 0 Å². The van der Waals surface area contributed by atoms with Gasteiger partial charge in [-0.1, -0.05) is 42.5 Å². The fraction of sp³-hybridized carbons (Fsp3) is 0.227. The fourth-order valence-corrected chi connectivity index (χ4v) is 3.07. The highest BCUT2D eigenvalue weighted by molar-refractivity contribution is 5.73. The maximum absolute atomic E-state index is 12.9. The van der Waals surface area contributed by atoms with E-state index in [0.29, 0.717) is 25.2 Å². The number of halogens is 3. The van der Waals surface area contributed by atoms with E-state index in [0.717, 1.165) is 23.4 Å². The molecule has 0 aliphatic rings. The summed E-state index contributed by atoms with van der Waals surface area (Å²) in [6.45, 7) is 2.69. The molecule has 6 heteroatoms. The monoisotopic (exact) mass is 386 g/mol. The Morgan fingerprint density at radius 1 is 0.929 bits per heavy atom. The minimum absolute atomic E-state index is 0.0596. The van der Waals surface area contributed by atoms with Gasteiger partial charge in [-0.3, -0.25) is 4.79 Å². The third kappa shape index (κ3) is 5.03. The summed E-state index contributed by atoms with van der Waals surface area (Å²) in [5, 5.41) is 0. The summed E-state index contributed by atoms with van der Waals surface area (Å²) in [5.74, 6) is -0.0596. The third-order valence-electron chi connectivity index (χ3n) is 4.55. The first kappa shape index (κ1) is 19.7. The van der Waals surface area contributed by atoms with Crippen LogP contribution in [0.3, 0.4) is 0 Å². The van der Waals surface area contributed by atoms with Crippen LogP contribution in [-0.2, 0) is 30.6 Å². The van der Waals surface area contributed by atoms with Crippen LogP contribution in [0.4, 0.5) is 13.2 Å². The lowest BCUT2D eigenvalue weighted by Crippen LogP contribution is -2.28. The molecular formula is C22H21F3N2O. The first-order valence-electron chi connectivity index (χ1n) is 8.92. The van der Waals surface area contributed by atoms with Crippen LogP contribution in [0.2, 0.25) is 0 Å². The van der Waals surface area contributed by atoms with Gasteiger partial charge in [-0.05, 0) is 35.4 Å². The number of nitrogens with zero attached hydrogens (tertiary/aromatic N) is 2. The number of rotatable bonds is 6. The molecule has 1 heterocycles. The van der Waals surface area contributed by atoms with Gasteiger partial charge in [-0.25, -0.2) is 0 Å². The fourth-order valence-electron chi connectivity index (χ4n) is 3.07. The molecule has 0 unspecified atom stereocenters. The summed E-state index contributed by atoms with van der Waals surface area (Å²) in [4.78, 5) is 13.8. The second kappa shape index (κ2) is 8.33. The Hall–Kier alpha value is -3.02. The van der Waals surface area contributed by atoms with Gasteiger partial charge in [0.2, 0.25) is 5.91 Å². The van der Waals surface area contributed by atoms with E-state index in [1.165, 1.54) is 13.0 Å². The highest BCUT2D eigenvalue weighted by Crippen LogP contribution is 2.29. The first-order valence-corrected chi connectivity index (χ1v) is 8.92. The highest BCUT2D eigenvalue weighted by Gasteiger charge is 2.30. The molecule has 0 aliphatic heterocycles. The highest BCUT2D eigenvalue weighted by atomic mass is 19.4. The predicted octanol–water partition coefficient (Wildman–Crippen LogP) is 5.10. The lowest BCUT2D eigenvalue weighted by atomic mass is 10.1. The molecule has 0 bridgehead atoms. The van der Waals surface area contributed by atoms with Gasteiger partial charge in [0.15, 0.2) is 0 Å². The van der Waals surface area contributed by atoms with Crippen LogP contribution in [0.15, 0.2) is 72.9 Å². The van der Waals surface area contributed by atoms with Crippen LogP contribution in [-0.4, -0.2) is 15.4 Å². The molecule has 3 aromatic rings. The van der Waals surface area contributed by atoms with Crippen molar-refractivity contribution in [3.05, 3.63) is 95.3 Å². The van der Waals surface area contributed by atoms with Crippen molar-refractivity contribution >= 4 is 5.91 Å².